The minimum absolute atomic E-state index is 0.607. The molecule has 78 valence electrons. The van der Waals surface area contributed by atoms with Gasteiger partial charge in [0.1, 0.15) is 0 Å². The first kappa shape index (κ1) is 11.5. The van der Waals surface area contributed by atoms with Gasteiger partial charge in [-0.05, 0) is 24.4 Å². The van der Waals surface area contributed by atoms with Crippen molar-refractivity contribution in [3.05, 3.63) is 54.6 Å². The van der Waals surface area contributed by atoms with Crippen LogP contribution in [0.1, 0.15) is 0 Å². The Balaban J connectivity index is 2.93. The summed E-state index contributed by atoms with van der Waals surface area (Å²) in [6.07, 6.45) is 0. The molecule has 15 heavy (non-hydrogen) atoms. The molecule has 1 aromatic carbocycles. The lowest BCUT2D eigenvalue weighted by atomic mass is 10.3. The third kappa shape index (κ3) is 4.98. The van der Waals surface area contributed by atoms with Gasteiger partial charge in [-0.15, -0.1) is 0 Å². The number of thiocarbonyl (C=S) groups is 1. The lowest BCUT2D eigenvalue weighted by Gasteiger charge is -2.04. The van der Waals surface area contributed by atoms with Crippen molar-refractivity contribution in [2.75, 3.05) is 12.4 Å². The van der Waals surface area contributed by atoms with Gasteiger partial charge >= 0.3 is 0 Å². The summed E-state index contributed by atoms with van der Waals surface area (Å²) in [7, 11) is 1.79. The van der Waals surface area contributed by atoms with Crippen LogP contribution in [0.2, 0.25) is 0 Å². The quantitative estimate of drug-likeness (QED) is 0.709. The number of hydrogen-bond acceptors (Lipinski definition) is 1. The number of hydrogen-bond donors (Lipinski definition) is 2. The first-order chi connectivity index (χ1) is 7.33. The van der Waals surface area contributed by atoms with Crippen LogP contribution in [0, 0.1) is 0 Å². The maximum Gasteiger partial charge on any atom is 0.170 e. The molecule has 0 aromatic heterocycles. The third-order valence-corrected chi connectivity index (χ3v) is 2.01. The molecule has 0 atom stereocenters. The second kappa shape index (κ2) is 6.79. The highest BCUT2D eigenvalue weighted by Crippen LogP contribution is 2.01. The van der Waals surface area contributed by atoms with Crippen LogP contribution in [0.5, 0.6) is 0 Å². The van der Waals surface area contributed by atoms with Crippen molar-refractivity contribution in [1.29, 1.82) is 0 Å². The molecular weight excluding hydrogens is 204 g/mol. The molecule has 0 radical (unpaired) electrons. The summed E-state index contributed by atoms with van der Waals surface area (Å²) in [5.74, 6) is 0. The first-order valence-corrected chi connectivity index (χ1v) is 5.11. The molecule has 2 nitrogen and oxygen atoms in total. The maximum absolute atomic E-state index is 5.02. The van der Waals surface area contributed by atoms with E-state index in [0.717, 1.165) is 5.69 Å². The smallest absolute Gasteiger partial charge is 0.170 e. The molecule has 0 heterocycles. The molecule has 3 heteroatoms. The molecule has 0 aliphatic rings. The van der Waals surface area contributed by atoms with Gasteiger partial charge < -0.3 is 10.6 Å². The van der Waals surface area contributed by atoms with Gasteiger partial charge in [-0.2, -0.15) is 0 Å². The lowest BCUT2D eigenvalue weighted by molar-refractivity contribution is 1.20. The zero-order valence-corrected chi connectivity index (χ0v) is 9.42. The molecule has 0 aliphatic carbocycles. The Morgan fingerprint density at radius 1 is 0.933 bits per heavy atom. The number of anilines is 1. The molecule has 0 saturated heterocycles. The van der Waals surface area contributed by atoms with Gasteiger partial charge in [0.2, 0.25) is 0 Å². The van der Waals surface area contributed by atoms with E-state index in [4.69, 9.17) is 12.2 Å². The molecule has 0 unspecified atom stereocenters. The van der Waals surface area contributed by atoms with E-state index in [1.54, 1.807) is 7.05 Å². The number of nitrogens with one attached hydrogen (secondary N) is 2. The molecule has 0 saturated carbocycles. The molecule has 0 bridgehead atoms. The van der Waals surface area contributed by atoms with Crippen LogP contribution >= 0.6 is 12.2 Å². The van der Waals surface area contributed by atoms with E-state index in [1.165, 1.54) is 0 Å². The van der Waals surface area contributed by atoms with Crippen molar-refractivity contribution < 1.29 is 0 Å². The van der Waals surface area contributed by atoms with E-state index in [1.807, 2.05) is 54.6 Å². The molecule has 0 amide bonds. The first-order valence-electron chi connectivity index (χ1n) is 4.70. The van der Waals surface area contributed by atoms with Crippen LogP contribution in [-0.4, -0.2) is 12.2 Å². The fourth-order valence-electron chi connectivity index (χ4n) is 0.972. The van der Waals surface area contributed by atoms with Gasteiger partial charge in [-0.1, -0.05) is 42.5 Å². The van der Waals surface area contributed by atoms with Gasteiger partial charge in [-0.3, -0.25) is 0 Å². The minimum atomic E-state index is 0.607. The summed E-state index contributed by atoms with van der Waals surface area (Å²) >= 11 is 5.02. The highest BCUT2D eigenvalue weighted by Gasteiger charge is 1.89. The van der Waals surface area contributed by atoms with E-state index in [0.29, 0.717) is 5.11 Å². The molecule has 1 rings (SSSR count). The van der Waals surface area contributed by atoms with Crippen LogP contribution in [0.4, 0.5) is 5.69 Å². The Morgan fingerprint density at radius 3 is 1.87 bits per heavy atom. The van der Waals surface area contributed by atoms with Crippen molar-refractivity contribution in [3.8, 4) is 0 Å². The monoisotopic (exact) mass is 218 g/mol. The lowest BCUT2D eigenvalue weighted by Crippen LogP contribution is -2.23. The van der Waals surface area contributed by atoms with Crippen molar-refractivity contribution >= 4 is 23.0 Å². The van der Waals surface area contributed by atoms with Crippen LogP contribution in [-0.2, 0) is 0 Å². The third-order valence-electron chi connectivity index (χ3n) is 1.70. The topological polar surface area (TPSA) is 24.1 Å². The largest absolute Gasteiger partial charge is 0.366 e. The standard InChI is InChI=1S/C12H14N2S/c1-13-12(15)14-11-9-7-5-3-2-4-6-8-10-11/h2-10H,1H3,(H2,13,14,15). The Hall–Kier alpha value is -1.61. The number of rotatable bonds is 1. The van der Waals surface area contributed by atoms with E-state index < -0.39 is 0 Å². The summed E-state index contributed by atoms with van der Waals surface area (Å²) in [5.41, 5.74) is 0.950. The van der Waals surface area contributed by atoms with Crippen molar-refractivity contribution in [2.24, 2.45) is 0 Å². The second-order valence-corrected chi connectivity index (χ2v) is 3.25. The average molecular weight is 218 g/mol. The fourth-order valence-corrected chi connectivity index (χ4v) is 1.09. The Morgan fingerprint density at radius 2 is 1.40 bits per heavy atom. The SMILES string of the molecule is CNC(=S)Nc1ccccccccc1. The Bertz CT molecular complexity index is 351. The van der Waals surface area contributed by atoms with Crippen LogP contribution in [0.25, 0.3) is 0 Å². The predicted molar refractivity (Wildman–Crippen MR) is 69.4 cm³/mol. The van der Waals surface area contributed by atoms with Gasteiger partial charge in [0.05, 0.1) is 0 Å². The second-order valence-electron chi connectivity index (χ2n) is 2.84. The fraction of sp³-hybridized carbons (Fsp3) is 0.0833. The van der Waals surface area contributed by atoms with Gasteiger partial charge in [0.15, 0.2) is 5.11 Å². The van der Waals surface area contributed by atoms with E-state index in [9.17, 15) is 0 Å². The predicted octanol–water partition coefficient (Wildman–Crippen LogP) is 2.73. The highest BCUT2D eigenvalue weighted by molar-refractivity contribution is 7.80. The summed E-state index contributed by atoms with van der Waals surface area (Å²) in [6, 6.07) is 17.7. The summed E-state index contributed by atoms with van der Waals surface area (Å²) in [4.78, 5) is 0. The van der Waals surface area contributed by atoms with Crippen molar-refractivity contribution in [1.82, 2.24) is 5.32 Å². The molecular formula is C12H14N2S. The summed E-state index contributed by atoms with van der Waals surface area (Å²) in [5, 5.41) is 6.54. The zero-order chi connectivity index (χ0) is 10.9. The minimum Gasteiger partial charge on any atom is -0.366 e. The summed E-state index contributed by atoms with van der Waals surface area (Å²) < 4.78 is 0. The van der Waals surface area contributed by atoms with E-state index in [-0.39, 0.29) is 0 Å². The van der Waals surface area contributed by atoms with Crippen LogP contribution < -0.4 is 10.6 Å². The average Bonchev–Trinajstić information content (AvgIpc) is 2.27. The Labute approximate surface area is 95.7 Å². The Kier molecular flexibility index (Phi) is 5.19. The molecule has 2 N–H and O–H groups in total. The van der Waals surface area contributed by atoms with Gasteiger partial charge in [0.25, 0.3) is 0 Å². The summed E-state index contributed by atoms with van der Waals surface area (Å²) in [6.45, 7) is 0. The molecule has 0 spiro atoms. The van der Waals surface area contributed by atoms with Gasteiger partial charge in [0, 0.05) is 12.7 Å². The van der Waals surface area contributed by atoms with Crippen LogP contribution in [0.3, 0.4) is 0 Å². The maximum atomic E-state index is 5.02. The van der Waals surface area contributed by atoms with E-state index >= 15 is 0 Å². The van der Waals surface area contributed by atoms with Crippen molar-refractivity contribution in [2.45, 2.75) is 0 Å². The zero-order valence-electron chi connectivity index (χ0n) is 8.60. The van der Waals surface area contributed by atoms with Gasteiger partial charge in [-0.25, -0.2) is 0 Å². The van der Waals surface area contributed by atoms with E-state index in [2.05, 4.69) is 10.6 Å². The molecule has 1 aromatic rings. The normalized spacial score (nSPS) is 8.60. The molecule has 0 aliphatic heterocycles. The van der Waals surface area contributed by atoms with Crippen LogP contribution in [0.15, 0.2) is 54.6 Å². The van der Waals surface area contributed by atoms with Crippen molar-refractivity contribution in [3.63, 3.8) is 0 Å². The molecule has 0 fully saturated rings. The highest BCUT2D eigenvalue weighted by atomic mass is 32.1.